The topological polar surface area (TPSA) is 59.9 Å². The third kappa shape index (κ3) is 7.58. The molecule has 2 aromatic heterocycles. The second-order valence-corrected chi connectivity index (χ2v) is 6.98. The summed E-state index contributed by atoms with van der Waals surface area (Å²) in [6.45, 7) is 0. The first kappa shape index (κ1) is 26.9. The fraction of sp³-hybridized carbons (Fsp3) is 0. The fourth-order valence-corrected chi connectivity index (χ4v) is 3.00. The van der Waals surface area contributed by atoms with Gasteiger partial charge in [-0.25, -0.2) is 0 Å². The molecule has 0 atom stereocenters. The minimum absolute atomic E-state index is 0. The predicted octanol–water partition coefficient (Wildman–Crippen LogP) is 5.74. The van der Waals surface area contributed by atoms with Crippen LogP contribution in [0, 0.1) is 24.7 Å². The van der Waals surface area contributed by atoms with Crippen molar-refractivity contribution in [3.05, 3.63) is 120 Å². The molecule has 4 nitrogen and oxygen atoms in total. The Hall–Kier alpha value is -4.37. The molecule has 5 aromatic rings. The normalized spacial score (nSPS) is 9.09. The van der Waals surface area contributed by atoms with Crippen LogP contribution in [-0.2, 0) is 21.1 Å². The van der Waals surface area contributed by atoms with Gasteiger partial charge in [-0.1, -0.05) is 60.4 Å². The zero-order valence-corrected chi connectivity index (χ0v) is 20.8. The van der Waals surface area contributed by atoms with E-state index in [9.17, 15) is 9.59 Å². The van der Waals surface area contributed by atoms with Crippen LogP contribution in [0.1, 0.15) is 31.8 Å². The predicted molar refractivity (Wildman–Crippen MR) is 137 cm³/mol. The minimum Gasteiger partial charge on any atom is -0.298 e. The molecule has 0 amide bonds. The number of carbonyl (C=O) groups excluding carboxylic acids is 2. The smallest absolute Gasteiger partial charge is 0.298 e. The van der Waals surface area contributed by atoms with Gasteiger partial charge < -0.3 is 0 Å². The SMILES string of the molecule is C#Cc1ccc(C=O)cc1.C#Cc1ccc(C=O)cc1.[Pt+4].c1cnc2c(c1)ccc1cccnc12. The summed E-state index contributed by atoms with van der Waals surface area (Å²) < 4.78 is 0. The van der Waals surface area contributed by atoms with Gasteiger partial charge >= 0.3 is 21.1 Å². The fourth-order valence-electron chi connectivity index (χ4n) is 3.00. The average Bonchev–Trinajstić information content (AvgIpc) is 2.93. The largest absolute Gasteiger partial charge is 4.00 e. The number of fused-ring (bicyclic) bond motifs is 3. The van der Waals surface area contributed by atoms with Crippen molar-refractivity contribution in [3.8, 4) is 24.7 Å². The third-order valence-corrected chi connectivity index (χ3v) is 4.77. The summed E-state index contributed by atoms with van der Waals surface area (Å²) >= 11 is 0. The van der Waals surface area contributed by atoms with Crippen molar-refractivity contribution in [1.82, 2.24) is 9.97 Å². The Labute approximate surface area is 218 Å². The van der Waals surface area contributed by atoms with Crippen LogP contribution < -0.4 is 0 Å². The molecule has 35 heavy (non-hydrogen) atoms. The van der Waals surface area contributed by atoms with Crippen molar-refractivity contribution in [2.75, 3.05) is 0 Å². The number of rotatable bonds is 2. The molecule has 0 bridgehead atoms. The van der Waals surface area contributed by atoms with Gasteiger partial charge in [-0.15, -0.1) is 12.8 Å². The van der Waals surface area contributed by atoms with Gasteiger partial charge in [0.1, 0.15) is 12.6 Å². The van der Waals surface area contributed by atoms with Gasteiger partial charge in [0.05, 0.1) is 11.0 Å². The van der Waals surface area contributed by atoms with Crippen LogP contribution in [0.3, 0.4) is 0 Å². The molecule has 0 radical (unpaired) electrons. The van der Waals surface area contributed by atoms with E-state index < -0.39 is 0 Å². The van der Waals surface area contributed by atoms with E-state index in [0.717, 1.165) is 45.5 Å². The number of aromatic nitrogens is 2. The van der Waals surface area contributed by atoms with E-state index in [1.165, 1.54) is 0 Å². The molecule has 0 saturated heterocycles. The molecule has 0 aliphatic heterocycles. The summed E-state index contributed by atoms with van der Waals surface area (Å²) in [6, 6.07) is 25.9. The first-order valence-electron chi connectivity index (χ1n) is 10.3. The van der Waals surface area contributed by atoms with Crippen LogP contribution in [0.25, 0.3) is 21.8 Å². The van der Waals surface area contributed by atoms with E-state index in [4.69, 9.17) is 12.8 Å². The standard InChI is InChI=1S/C12H8N2.2C9H6O.Pt/c1-3-9-5-6-10-4-2-8-14-12(10)11(9)13-7-1;2*1-2-8-3-5-9(7-10)6-4-8;/h1-8H;2*1,3-7H;/q;;;+4. The molecule has 5 heteroatoms. The molecule has 0 saturated carbocycles. The summed E-state index contributed by atoms with van der Waals surface area (Å²) in [5, 5.41) is 2.28. The van der Waals surface area contributed by atoms with Gasteiger partial charge in [0.25, 0.3) is 0 Å². The van der Waals surface area contributed by atoms with Crippen LogP contribution >= 0.6 is 0 Å². The Morgan fingerprint density at radius 3 is 1.26 bits per heavy atom. The monoisotopic (exact) mass is 635 g/mol. The van der Waals surface area contributed by atoms with Crippen molar-refractivity contribution in [1.29, 1.82) is 0 Å². The van der Waals surface area contributed by atoms with E-state index in [0.29, 0.717) is 11.1 Å². The van der Waals surface area contributed by atoms with E-state index in [1.54, 1.807) is 60.9 Å². The first-order valence-corrected chi connectivity index (χ1v) is 10.3. The number of terminal acetylenes is 2. The second kappa shape index (κ2) is 14.0. The maximum absolute atomic E-state index is 10.2. The van der Waals surface area contributed by atoms with Crippen LogP contribution in [0.15, 0.2) is 97.3 Å². The van der Waals surface area contributed by atoms with Gasteiger partial charge in [0, 0.05) is 45.4 Å². The van der Waals surface area contributed by atoms with Gasteiger partial charge in [0.2, 0.25) is 0 Å². The number of hydrogen-bond acceptors (Lipinski definition) is 4. The molecule has 2 heterocycles. The zero-order chi connectivity index (χ0) is 24.2. The Kier molecular flexibility index (Phi) is 10.8. The van der Waals surface area contributed by atoms with Gasteiger partial charge in [-0.3, -0.25) is 19.6 Å². The number of benzene rings is 3. The number of carbonyl (C=O) groups is 2. The van der Waals surface area contributed by atoms with Crippen molar-refractivity contribution >= 4 is 34.4 Å². The molecule has 0 N–H and O–H groups in total. The first-order chi connectivity index (χ1) is 16.7. The summed E-state index contributed by atoms with van der Waals surface area (Å²) in [4.78, 5) is 29.0. The average molecular weight is 636 g/mol. The van der Waals surface area contributed by atoms with Gasteiger partial charge in [-0.2, -0.15) is 0 Å². The van der Waals surface area contributed by atoms with Crippen molar-refractivity contribution in [2.45, 2.75) is 0 Å². The van der Waals surface area contributed by atoms with Gasteiger partial charge in [-0.05, 0) is 36.4 Å². The van der Waals surface area contributed by atoms with E-state index in [-0.39, 0.29) is 21.1 Å². The molecule has 3 aromatic carbocycles. The van der Waals surface area contributed by atoms with E-state index in [1.807, 2.05) is 12.1 Å². The number of pyridine rings is 2. The van der Waals surface area contributed by atoms with Crippen LogP contribution in [0.5, 0.6) is 0 Å². The molecule has 0 aliphatic carbocycles. The second-order valence-electron chi connectivity index (χ2n) is 6.98. The summed E-state index contributed by atoms with van der Waals surface area (Å²) in [5.41, 5.74) is 4.85. The quantitative estimate of drug-likeness (QED) is 0.141. The molecule has 5 rings (SSSR count). The summed E-state index contributed by atoms with van der Waals surface area (Å²) in [6.07, 6.45) is 15.4. The number of hydrogen-bond donors (Lipinski definition) is 0. The van der Waals surface area contributed by atoms with Crippen molar-refractivity contribution in [3.63, 3.8) is 0 Å². The van der Waals surface area contributed by atoms with E-state index in [2.05, 4.69) is 46.1 Å². The van der Waals surface area contributed by atoms with Crippen molar-refractivity contribution < 1.29 is 30.7 Å². The Morgan fingerprint density at radius 2 is 0.943 bits per heavy atom. The maximum Gasteiger partial charge on any atom is 4.00 e. The van der Waals surface area contributed by atoms with Gasteiger partial charge in [0.15, 0.2) is 0 Å². The van der Waals surface area contributed by atoms with Crippen LogP contribution in [0.2, 0.25) is 0 Å². The molecular weight excluding hydrogens is 615 g/mol. The van der Waals surface area contributed by atoms with Crippen LogP contribution in [0.4, 0.5) is 0 Å². The summed E-state index contributed by atoms with van der Waals surface area (Å²) in [7, 11) is 0. The molecule has 0 aliphatic rings. The molecule has 0 spiro atoms. The Bertz CT molecular complexity index is 1380. The molecular formula is C30H20N2O2Pt+4. The minimum atomic E-state index is 0. The third-order valence-electron chi connectivity index (χ3n) is 4.77. The Balaban J connectivity index is 0.000000187. The zero-order valence-electron chi connectivity index (χ0n) is 18.6. The summed E-state index contributed by atoms with van der Waals surface area (Å²) in [5.74, 6) is 4.92. The number of nitrogens with zero attached hydrogens (tertiary/aromatic N) is 2. The van der Waals surface area contributed by atoms with Crippen molar-refractivity contribution in [2.24, 2.45) is 0 Å². The molecule has 168 valence electrons. The van der Waals surface area contributed by atoms with E-state index >= 15 is 0 Å². The maximum atomic E-state index is 10.2. The molecule has 0 unspecified atom stereocenters. The van der Waals surface area contributed by atoms with Crippen LogP contribution in [-0.4, -0.2) is 22.5 Å². The Morgan fingerprint density at radius 1 is 0.571 bits per heavy atom. The number of aldehydes is 2. The molecule has 0 fully saturated rings.